The standard InChI is InChI=1S/C29H31N3O7S/c1-36-29(14-16-37-17-15-29)24-9-5-8-22(31-24)19-38-26(33)18-25-32-27(20-6-3-2-4-7-20)28(39-25)21-10-12-23(13-11-21)40(30,34)35/h2-13,26,33H,14-19H2,1H3,(H2,30,34,35). The van der Waals surface area contributed by atoms with Crippen molar-refractivity contribution in [1.29, 1.82) is 0 Å². The number of pyridine rings is 1. The fraction of sp³-hybridized carbons (Fsp3) is 0.310. The third kappa shape index (κ3) is 6.30. The summed E-state index contributed by atoms with van der Waals surface area (Å²) in [5.74, 6) is 0.698. The van der Waals surface area contributed by atoms with E-state index in [0.29, 0.717) is 48.8 Å². The van der Waals surface area contributed by atoms with Gasteiger partial charge < -0.3 is 23.7 Å². The number of benzene rings is 2. The summed E-state index contributed by atoms with van der Waals surface area (Å²) in [5, 5.41) is 15.9. The molecular weight excluding hydrogens is 534 g/mol. The monoisotopic (exact) mass is 565 g/mol. The number of hydrogen-bond donors (Lipinski definition) is 2. The fourth-order valence-electron chi connectivity index (χ4n) is 4.70. The van der Waals surface area contributed by atoms with E-state index in [-0.39, 0.29) is 23.8 Å². The van der Waals surface area contributed by atoms with E-state index < -0.39 is 21.9 Å². The molecule has 10 nitrogen and oxygen atoms in total. The molecule has 1 unspecified atom stereocenters. The molecule has 1 saturated heterocycles. The normalized spacial score (nSPS) is 16.1. The van der Waals surface area contributed by atoms with Gasteiger partial charge in [-0.25, -0.2) is 18.5 Å². The largest absolute Gasteiger partial charge is 0.440 e. The van der Waals surface area contributed by atoms with Crippen LogP contribution in [0.2, 0.25) is 0 Å². The molecule has 0 bridgehead atoms. The number of methoxy groups -OCH3 is 1. The number of rotatable bonds is 10. The molecule has 0 radical (unpaired) electrons. The molecule has 4 aromatic rings. The van der Waals surface area contributed by atoms with Crippen LogP contribution in [0.15, 0.2) is 82.1 Å². The smallest absolute Gasteiger partial charge is 0.238 e. The number of aliphatic hydroxyl groups excluding tert-OH is 1. The van der Waals surface area contributed by atoms with Crippen molar-refractivity contribution in [2.45, 2.75) is 42.7 Å². The van der Waals surface area contributed by atoms with Crippen LogP contribution in [0.1, 0.15) is 30.1 Å². The summed E-state index contributed by atoms with van der Waals surface area (Å²) < 4.78 is 46.4. The van der Waals surface area contributed by atoms with Crippen molar-refractivity contribution in [3.05, 3.63) is 90.1 Å². The van der Waals surface area contributed by atoms with Crippen molar-refractivity contribution < 1.29 is 32.2 Å². The SMILES string of the molecule is COC1(c2cccc(COC(O)Cc3nc(-c4ccccc4)c(-c4ccc(S(N)(=O)=O)cc4)o3)n2)CCOCC1. The number of nitrogens with two attached hydrogens (primary N) is 1. The second-order valence-corrected chi connectivity index (χ2v) is 11.1. The van der Waals surface area contributed by atoms with Crippen molar-refractivity contribution >= 4 is 10.0 Å². The summed E-state index contributed by atoms with van der Waals surface area (Å²) in [7, 11) is -2.15. The second-order valence-electron chi connectivity index (χ2n) is 9.52. The van der Waals surface area contributed by atoms with E-state index >= 15 is 0 Å². The molecule has 11 heteroatoms. The number of aliphatic hydroxyl groups is 1. The zero-order valence-electron chi connectivity index (χ0n) is 22.0. The first-order chi connectivity index (χ1) is 19.3. The van der Waals surface area contributed by atoms with Crippen molar-refractivity contribution in [3.63, 3.8) is 0 Å². The highest BCUT2D eigenvalue weighted by Gasteiger charge is 2.36. The summed E-state index contributed by atoms with van der Waals surface area (Å²) in [6.45, 7) is 1.29. The molecule has 210 valence electrons. The van der Waals surface area contributed by atoms with E-state index in [2.05, 4.69) is 4.98 Å². The average molecular weight is 566 g/mol. The van der Waals surface area contributed by atoms with E-state index in [4.69, 9.17) is 28.8 Å². The Kier molecular flexibility index (Phi) is 8.40. The third-order valence-corrected chi connectivity index (χ3v) is 7.83. The van der Waals surface area contributed by atoms with Crippen LogP contribution in [-0.2, 0) is 42.9 Å². The number of sulfonamides is 1. The maximum Gasteiger partial charge on any atom is 0.238 e. The summed E-state index contributed by atoms with van der Waals surface area (Å²) in [4.78, 5) is 9.35. The van der Waals surface area contributed by atoms with Crippen LogP contribution in [0, 0.1) is 0 Å². The number of oxazole rings is 1. The molecule has 40 heavy (non-hydrogen) atoms. The molecular formula is C29H31N3O7S. The van der Waals surface area contributed by atoms with Gasteiger partial charge >= 0.3 is 0 Å². The van der Waals surface area contributed by atoms with E-state index in [1.54, 1.807) is 19.2 Å². The highest BCUT2D eigenvalue weighted by Crippen LogP contribution is 2.35. The van der Waals surface area contributed by atoms with E-state index in [9.17, 15) is 13.5 Å². The molecule has 1 aliphatic rings. The molecule has 0 saturated carbocycles. The summed E-state index contributed by atoms with van der Waals surface area (Å²) in [6.07, 6.45) is 0.216. The van der Waals surface area contributed by atoms with Crippen molar-refractivity contribution in [2.75, 3.05) is 20.3 Å². The number of hydrogen-bond acceptors (Lipinski definition) is 9. The minimum atomic E-state index is -3.83. The first kappa shape index (κ1) is 28.1. The molecule has 3 N–H and O–H groups in total. The molecule has 3 heterocycles. The average Bonchev–Trinajstić information content (AvgIpc) is 3.40. The molecule has 5 rings (SSSR count). The Morgan fingerprint density at radius 2 is 1.70 bits per heavy atom. The third-order valence-electron chi connectivity index (χ3n) is 6.90. The van der Waals surface area contributed by atoms with Gasteiger partial charge in [0.2, 0.25) is 15.9 Å². The Hall–Kier alpha value is -3.45. The highest BCUT2D eigenvalue weighted by molar-refractivity contribution is 7.89. The zero-order chi connectivity index (χ0) is 28.2. The number of primary sulfonamides is 1. The van der Waals surface area contributed by atoms with Gasteiger partial charge in [-0.3, -0.25) is 4.98 Å². The maximum atomic E-state index is 11.7. The predicted molar refractivity (Wildman–Crippen MR) is 146 cm³/mol. The first-order valence-electron chi connectivity index (χ1n) is 12.8. The first-order valence-corrected chi connectivity index (χ1v) is 14.4. The van der Waals surface area contributed by atoms with Gasteiger partial charge in [0.05, 0.1) is 29.3 Å². The second kappa shape index (κ2) is 12.0. The van der Waals surface area contributed by atoms with E-state index in [0.717, 1.165) is 11.3 Å². The molecule has 2 aromatic heterocycles. The van der Waals surface area contributed by atoms with Gasteiger partial charge in [-0.05, 0) is 36.4 Å². The lowest BCUT2D eigenvalue weighted by Gasteiger charge is -2.35. The van der Waals surface area contributed by atoms with Crippen molar-refractivity contribution in [3.8, 4) is 22.6 Å². The summed E-state index contributed by atoms with van der Waals surface area (Å²) in [6, 6.07) is 21.1. The summed E-state index contributed by atoms with van der Waals surface area (Å²) >= 11 is 0. The number of ether oxygens (including phenoxy) is 3. The predicted octanol–water partition coefficient (Wildman–Crippen LogP) is 3.78. The topological polar surface area (TPSA) is 147 Å². The Balaban J connectivity index is 1.32. The molecule has 1 fully saturated rings. The maximum absolute atomic E-state index is 11.7. The quantitative estimate of drug-likeness (QED) is 0.274. The van der Waals surface area contributed by atoms with Gasteiger partial charge in [0.15, 0.2) is 12.1 Å². The minimum absolute atomic E-state index is 0.00582. The Bertz CT molecular complexity index is 1530. The van der Waals surface area contributed by atoms with Gasteiger partial charge in [-0.2, -0.15) is 0 Å². The number of nitrogens with zero attached hydrogens (tertiary/aromatic N) is 2. The lowest BCUT2D eigenvalue weighted by atomic mass is 9.90. The van der Waals surface area contributed by atoms with Crippen LogP contribution in [0.5, 0.6) is 0 Å². The van der Waals surface area contributed by atoms with E-state index in [1.165, 1.54) is 12.1 Å². The van der Waals surface area contributed by atoms with Gasteiger partial charge in [-0.1, -0.05) is 36.4 Å². The van der Waals surface area contributed by atoms with Crippen LogP contribution in [0.25, 0.3) is 22.6 Å². The van der Waals surface area contributed by atoms with Crippen LogP contribution in [0.3, 0.4) is 0 Å². The van der Waals surface area contributed by atoms with Crippen LogP contribution >= 0.6 is 0 Å². The lowest BCUT2D eigenvalue weighted by molar-refractivity contribution is -0.111. The van der Waals surface area contributed by atoms with Crippen LogP contribution in [-0.4, -0.2) is 50.1 Å². The van der Waals surface area contributed by atoms with Gasteiger partial charge in [0.25, 0.3) is 0 Å². The molecule has 0 aliphatic carbocycles. The van der Waals surface area contributed by atoms with Crippen molar-refractivity contribution in [2.24, 2.45) is 5.14 Å². The Morgan fingerprint density at radius 3 is 2.38 bits per heavy atom. The van der Waals surface area contributed by atoms with Crippen LogP contribution in [0.4, 0.5) is 0 Å². The van der Waals surface area contributed by atoms with Gasteiger partial charge in [-0.15, -0.1) is 0 Å². The lowest BCUT2D eigenvalue weighted by Crippen LogP contribution is -2.36. The fourth-order valence-corrected chi connectivity index (χ4v) is 5.22. The number of aromatic nitrogens is 2. The Morgan fingerprint density at radius 1 is 0.975 bits per heavy atom. The summed E-state index contributed by atoms with van der Waals surface area (Å²) in [5.41, 5.74) is 2.95. The highest BCUT2D eigenvalue weighted by atomic mass is 32.2. The molecule has 2 aromatic carbocycles. The van der Waals surface area contributed by atoms with Crippen molar-refractivity contribution in [1.82, 2.24) is 9.97 Å². The van der Waals surface area contributed by atoms with Gasteiger partial charge in [0.1, 0.15) is 11.3 Å². The molecule has 0 amide bonds. The van der Waals surface area contributed by atoms with Gasteiger partial charge in [0, 0.05) is 44.3 Å². The molecule has 1 atom stereocenters. The van der Waals surface area contributed by atoms with E-state index in [1.807, 2.05) is 48.5 Å². The zero-order valence-corrected chi connectivity index (χ0v) is 22.8. The Labute approximate surface area is 232 Å². The molecule has 1 aliphatic heterocycles. The minimum Gasteiger partial charge on any atom is -0.440 e. The van der Waals surface area contributed by atoms with Crippen LogP contribution < -0.4 is 5.14 Å². The molecule has 0 spiro atoms.